The quantitative estimate of drug-likeness (QED) is 0.915. The Labute approximate surface area is 144 Å². The van der Waals surface area contributed by atoms with Crippen molar-refractivity contribution >= 4 is 11.6 Å². The first-order valence-corrected chi connectivity index (χ1v) is 9.01. The number of ether oxygens (including phenoxy) is 1. The molecule has 0 aliphatic carbocycles. The number of hydrogen-bond donors (Lipinski definition) is 1. The maximum absolute atomic E-state index is 13.2. The second kappa shape index (κ2) is 7.53. The molecule has 1 aromatic carbocycles. The molecule has 5 heteroatoms. The molecule has 0 saturated carbocycles. The number of nitrogens with zero attached hydrogens (tertiary/aromatic N) is 2. The Bertz CT molecular complexity index is 543. The molecule has 3 rings (SSSR count). The molecule has 2 aliphatic heterocycles. The first kappa shape index (κ1) is 17.2. The van der Waals surface area contributed by atoms with Crippen LogP contribution in [0.2, 0.25) is 0 Å². The van der Waals surface area contributed by atoms with Gasteiger partial charge in [-0.3, -0.25) is 4.79 Å². The van der Waals surface area contributed by atoms with E-state index in [-0.39, 0.29) is 11.9 Å². The number of para-hydroxylation sites is 1. The molecule has 1 atom stereocenters. The number of carbonyl (C=O) groups is 1. The van der Waals surface area contributed by atoms with Crippen molar-refractivity contribution in [2.24, 2.45) is 11.1 Å². The number of carbonyl (C=O) groups excluding carboxylic acids is 1. The minimum atomic E-state index is -0.429. The summed E-state index contributed by atoms with van der Waals surface area (Å²) < 4.78 is 5.44. The van der Waals surface area contributed by atoms with Crippen molar-refractivity contribution in [1.82, 2.24) is 4.90 Å². The summed E-state index contributed by atoms with van der Waals surface area (Å²) in [6.45, 7) is 3.63. The van der Waals surface area contributed by atoms with Gasteiger partial charge >= 0.3 is 0 Å². The molecule has 2 fully saturated rings. The third-order valence-corrected chi connectivity index (χ3v) is 5.68. The Balaban J connectivity index is 1.69. The summed E-state index contributed by atoms with van der Waals surface area (Å²) in [6.07, 6.45) is 3.64. The molecular formula is C19H29N3O2. The SMILES string of the molecule is CN(C(=O)C1(CN)CCOCC1)C1CCCN(c2ccccc2)C1. The second-order valence-corrected chi connectivity index (χ2v) is 7.09. The number of hydrogen-bond acceptors (Lipinski definition) is 4. The minimum Gasteiger partial charge on any atom is -0.381 e. The lowest BCUT2D eigenvalue weighted by molar-refractivity contribution is -0.148. The van der Waals surface area contributed by atoms with E-state index in [1.165, 1.54) is 5.69 Å². The highest BCUT2D eigenvalue weighted by Gasteiger charge is 2.42. The standard InChI is InChI=1S/C19H29N3O2/c1-21(18(23)19(15-20)9-12-24-13-10-19)17-8-5-11-22(14-17)16-6-3-2-4-7-16/h2-4,6-7,17H,5,8-15,20H2,1H3. The molecule has 2 aliphatic rings. The van der Waals surface area contributed by atoms with Gasteiger partial charge in [-0.25, -0.2) is 0 Å². The summed E-state index contributed by atoms with van der Waals surface area (Å²) >= 11 is 0. The van der Waals surface area contributed by atoms with Crippen molar-refractivity contribution in [2.45, 2.75) is 31.7 Å². The molecule has 0 bridgehead atoms. The van der Waals surface area contributed by atoms with E-state index in [4.69, 9.17) is 10.5 Å². The van der Waals surface area contributed by atoms with Gasteiger partial charge in [0.15, 0.2) is 0 Å². The summed E-state index contributed by atoms with van der Waals surface area (Å²) in [5.41, 5.74) is 6.82. The molecule has 0 aromatic heterocycles. The molecule has 1 aromatic rings. The van der Waals surface area contributed by atoms with Crippen LogP contribution in [0.15, 0.2) is 30.3 Å². The fourth-order valence-corrected chi connectivity index (χ4v) is 3.95. The predicted molar refractivity (Wildman–Crippen MR) is 96.0 cm³/mol. The topological polar surface area (TPSA) is 58.8 Å². The summed E-state index contributed by atoms with van der Waals surface area (Å²) in [4.78, 5) is 17.5. The largest absolute Gasteiger partial charge is 0.381 e. The zero-order valence-corrected chi connectivity index (χ0v) is 14.6. The molecule has 0 radical (unpaired) electrons. The predicted octanol–water partition coefficient (Wildman–Crippen LogP) is 1.87. The Kier molecular flexibility index (Phi) is 5.41. The fourth-order valence-electron chi connectivity index (χ4n) is 3.95. The van der Waals surface area contributed by atoms with Crippen LogP contribution in [0.1, 0.15) is 25.7 Å². The monoisotopic (exact) mass is 331 g/mol. The van der Waals surface area contributed by atoms with Crippen molar-refractivity contribution < 1.29 is 9.53 Å². The van der Waals surface area contributed by atoms with E-state index in [9.17, 15) is 4.79 Å². The number of piperidine rings is 1. The maximum atomic E-state index is 13.2. The summed E-state index contributed by atoms with van der Waals surface area (Å²) in [5.74, 6) is 0.202. The molecule has 132 valence electrons. The molecule has 5 nitrogen and oxygen atoms in total. The van der Waals surface area contributed by atoms with Gasteiger partial charge < -0.3 is 20.3 Å². The van der Waals surface area contributed by atoms with Crippen LogP contribution in [-0.4, -0.2) is 56.7 Å². The van der Waals surface area contributed by atoms with Crippen molar-refractivity contribution in [3.05, 3.63) is 30.3 Å². The van der Waals surface area contributed by atoms with Gasteiger partial charge in [0.05, 0.1) is 5.41 Å². The average Bonchev–Trinajstić information content (AvgIpc) is 2.68. The molecule has 1 amide bonds. The Morgan fingerprint density at radius 1 is 1.33 bits per heavy atom. The van der Waals surface area contributed by atoms with Crippen LogP contribution in [0.25, 0.3) is 0 Å². The highest BCUT2D eigenvalue weighted by molar-refractivity contribution is 5.83. The van der Waals surface area contributed by atoms with E-state index < -0.39 is 5.41 Å². The third-order valence-electron chi connectivity index (χ3n) is 5.68. The number of nitrogens with two attached hydrogens (primary N) is 1. The highest BCUT2D eigenvalue weighted by atomic mass is 16.5. The van der Waals surface area contributed by atoms with Crippen molar-refractivity contribution in [1.29, 1.82) is 0 Å². The van der Waals surface area contributed by atoms with Crippen molar-refractivity contribution in [3.8, 4) is 0 Å². The van der Waals surface area contributed by atoms with Crippen LogP contribution in [0.3, 0.4) is 0 Å². The number of amides is 1. The van der Waals surface area contributed by atoms with Gasteiger partial charge in [-0.05, 0) is 37.8 Å². The van der Waals surface area contributed by atoms with Gasteiger partial charge in [0.1, 0.15) is 0 Å². The van der Waals surface area contributed by atoms with E-state index in [0.29, 0.717) is 19.8 Å². The first-order valence-electron chi connectivity index (χ1n) is 9.01. The average molecular weight is 331 g/mol. The Morgan fingerprint density at radius 3 is 2.71 bits per heavy atom. The van der Waals surface area contributed by atoms with E-state index >= 15 is 0 Å². The second-order valence-electron chi connectivity index (χ2n) is 7.09. The highest BCUT2D eigenvalue weighted by Crippen LogP contribution is 2.33. The molecular weight excluding hydrogens is 302 g/mol. The Hall–Kier alpha value is -1.59. The number of likely N-dealkylation sites (N-methyl/N-ethyl adjacent to an activating group) is 1. The van der Waals surface area contributed by atoms with Crippen molar-refractivity contribution in [2.75, 3.05) is 44.8 Å². The zero-order valence-electron chi connectivity index (χ0n) is 14.6. The summed E-state index contributed by atoms with van der Waals surface area (Å²) in [5, 5.41) is 0. The van der Waals surface area contributed by atoms with Crippen LogP contribution in [-0.2, 0) is 9.53 Å². The lowest BCUT2D eigenvalue weighted by Crippen LogP contribution is -2.55. The molecule has 2 saturated heterocycles. The van der Waals surface area contributed by atoms with Crippen LogP contribution in [0.5, 0.6) is 0 Å². The van der Waals surface area contributed by atoms with Crippen LogP contribution in [0, 0.1) is 5.41 Å². The fraction of sp³-hybridized carbons (Fsp3) is 0.632. The van der Waals surface area contributed by atoms with Gasteiger partial charge in [-0.2, -0.15) is 0 Å². The molecule has 1 unspecified atom stereocenters. The number of rotatable bonds is 4. The van der Waals surface area contributed by atoms with Gasteiger partial charge in [0.2, 0.25) is 5.91 Å². The first-order chi connectivity index (χ1) is 11.7. The minimum absolute atomic E-state index is 0.202. The zero-order chi connectivity index (χ0) is 17.0. The van der Waals surface area contributed by atoms with Crippen LogP contribution in [0.4, 0.5) is 5.69 Å². The Morgan fingerprint density at radius 2 is 2.04 bits per heavy atom. The van der Waals surface area contributed by atoms with E-state index in [2.05, 4.69) is 29.2 Å². The van der Waals surface area contributed by atoms with E-state index in [1.807, 2.05) is 18.0 Å². The van der Waals surface area contributed by atoms with Gasteiger partial charge in [0, 0.05) is 51.6 Å². The third kappa shape index (κ3) is 3.42. The van der Waals surface area contributed by atoms with E-state index in [0.717, 1.165) is 38.8 Å². The van der Waals surface area contributed by atoms with Gasteiger partial charge in [-0.15, -0.1) is 0 Å². The van der Waals surface area contributed by atoms with Crippen LogP contribution < -0.4 is 10.6 Å². The smallest absolute Gasteiger partial charge is 0.230 e. The molecule has 24 heavy (non-hydrogen) atoms. The maximum Gasteiger partial charge on any atom is 0.230 e. The summed E-state index contributed by atoms with van der Waals surface area (Å²) in [7, 11) is 1.95. The molecule has 2 heterocycles. The lowest BCUT2D eigenvalue weighted by atomic mass is 9.78. The van der Waals surface area contributed by atoms with Crippen LogP contribution >= 0.6 is 0 Å². The lowest BCUT2D eigenvalue weighted by Gasteiger charge is -2.43. The molecule has 0 spiro atoms. The van der Waals surface area contributed by atoms with Gasteiger partial charge in [-0.1, -0.05) is 18.2 Å². The summed E-state index contributed by atoms with van der Waals surface area (Å²) in [6, 6.07) is 10.7. The number of benzene rings is 1. The number of anilines is 1. The molecule has 2 N–H and O–H groups in total. The normalized spacial score (nSPS) is 23.8. The van der Waals surface area contributed by atoms with Crippen molar-refractivity contribution in [3.63, 3.8) is 0 Å². The van der Waals surface area contributed by atoms with Gasteiger partial charge in [0.25, 0.3) is 0 Å². The van der Waals surface area contributed by atoms with E-state index in [1.54, 1.807) is 0 Å².